The van der Waals surface area contributed by atoms with E-state index in [9.17, 15) is 9.59 Å². The minimum atomic E-state index is 0.000358. The van der Waals surface area contributed by atoms with Gasteiger partial charge in [0.15, 0.2) is 0 Å². The standard InChI is InChI=1S/C32H39N3O2S/c1-3-4-8-25-11-13-27(14-12-25)32(37)35-21-20-34(23-24(35)2)30(36)16-19-33-18-15-29-28(17-22-38-29)31(33)26-9-6-5-7-10-26/h5-7,9-14,17,22,24,31H,3-4,8,15-16,18-21,23H2,1-2H3/t24-,31+/m1/s1. The molecule has 1 saturated heterocycles. The molecule has 0 N–H and O–H groups in total. The smallest absolute Gasteiger partial charge is 0.254 e. The van der Waals surface area contributed by atoms with Crippen molar-refractivity contribution in [2.75, 3.05) is 32.7 Å². The molecule has 0 bridgehead atoms. The molecule has 6 heteroatoms. The number of piperazine rings is 1. The number of hydrogen-bond donors (Lipinski definition) is 0. The lowest BCUT2D eigenvalue weighted by atomic mass is 9.93. The van der Waals surface area contributed by atoms with Crippen LogP contribution >= 0.6 is 11.3 Å². The van der Waals surface area contributed by atoms with Crippen molar-refractivity contribution in [1.82, 2.24) is 14.7 Å². The molecule has 1 aromatic heterocycles. The molecule has 2 aliphatic rings. The molecule has 200 valence electrons. The predicted molar refractivity (Wildman–Crippen MR) is 155 cm³/mol. The Morgan fingerprint density at radius 1 is 0.974 bits per heavy atom. The number of hydrogen-bond acceptors (Lipinski definition) is 4. The Balaban J connectivity index is 1.17. The molecule has 2 atom stereocenters. The first-order valence-corrected chi connectivity index (χ1v) is 15.0. The Labute approximate surface area is 231 Å². The summed E-state index contributed by atoms with van der Waals surface area (Å²) in [5.41, 5.74) is 4.70. The third kappa shape index (κ3) is 5.87. The highest BCUT2D eigenvalue weighted by Crippen LogP contribution is 2.37. The van der Waals surface area contributed by atoms with Gasteiger partial charge in [-0.25, -0.2) is 0 Å². The molecule has 3 heterocycles. The van der Waals surface area contributed by atoms with E-state index in [2.05, 4.69) is 72.7 Å². The maximum Gasteiger partial charge on any atom is 0.254 e. The van der Waals surface area contributed by atoms with Crippen molar-refractivity contribution >= 4 is 23.2 Å². The van der Waals surface area contributed by atoms with E-state index < -0.39 is 0 Å². The highest BCUT2D eigenvalue weighted by molar-refractivity contribution is 7.10. The van der Waals surface area contributed by atoms with Crippen LogP contribution in [0, 0.1) is 0 Å². The van der Waals surface area contributed by atoms with E-state index in [-0.39, 0.29) is 23.9 Å². The molecule has 2 aromatic carbocycles. The van der Waals surface area contributed by atoms with Crippen molar-refractivity contribution in [2.24, 2.45) is 0 Å². The summed E-state index contributed by atoms with van der Waals surface area (Å²) >= 11 is 1.84. The molecular weight excluding hydrogens is 490 g/mol. The molecule has 0 radical (unpaired) electrons. The number of benzene rings is 2. The van der Waals surface area contributed by atoms with Crippen LogP contribution in [0.5, 0.6) is 0 Å². The van der Waals surface area contributed by atoms with Gasteiger partial charge in [-0.15, -0.1) is 11.3 Å². The molecule has 5 rings (SSSR count). The Morgan fingerprint density at radius 2 is 1.76 bits per heavy atom. The minimum Gasteiger partial charge on any atom is -0.339 e. The zero-order valence-corrected chi connectivity index (χ0v) is 23.5. The quantitative estimate of drug-likeness (QED) is 0.370. The summed E-state index contributed by atoms with van der Waals surface area (Å²) in [5.74, 6) is 0.254. The van der Waals surface area contributed by atoms with E-state index in [1.165, 1.54) is 34.4 Å². The lowest BCUT2D eigenvalue weighted by Crippen LogP contribution is -2.55. The van der Waals surface area contributed by atoms with Crippen LogP contribution in [-0.4, -0.2) is 65.3 Å². The largest absolute Gasteiger partial charge is 0.339 e. The van der Waals surface area contributed by atoms with E-state index >= 15 is 0 Å². The second-order valence-electron chi connectivity index (χ2n) is 10.6. The van der Waals surface area contributed by atoms with Gasteiger partial charge in [-0.3, -0.25) is 14.5 Å². The van der Waals surface area contributed by atoms with Gasteiger partial charge in [-0.2, -0.15) is 0 Å². The van der Waals surface area contributed by atoms with Gasteiger partial charge >= 0.3 is 0 Å². The number of amides is 2. The molecule has 38 heavy (non-hydrogen) atoms. The molecule has 2 amide bonds. The number of nitrogens with zero attached hydrogens (tertiary/aromatic N) is 3. The first kappa shape index (κ1) is 26.6. The van der Waals surface area contributed by atoms with Crippen LogP contribution < -0.4 is 0 Å². The topological polar surface area (TPSA) is 43.9 Å². The molecule has 2 aliphatic heterocycles. The van der Waals surface area contributed by atoms with Gasteiger partial charge in [0.1, 0.15) is 0 Å². The highest BCUT2D eigenvalue weighted by Gasteiger charge is 2.32. The normalized spacial score (nSPS) is 19.8. The number of carbonyl (C=O) groups is 2. The van der Waals surface area contributed by atoms with Crippen molar-refractivity contribution in [3.05, 3.63) is 93.2 Å². The molecule has 3 aromatic rings. The maximum atomic E-state index is 13.3. The third-order valence-electron chi connectivity index (χ3n) is 8.05. The first-order valence-electron chi connectivity index (χ1n) is 14.1. The van der Waals surface area contributed by atoms with Gasteiger partial charge < -0.3 is 9.80 Å². The lowest BCUT2D eigenvalue weighted by Gasteiger charge is -2.41. The summed E-state index contributed by atoms with van der Waals surface area (Å²) in [4.78, 5) is 34.3. The van der Waals surface area contributed by atoms with Crippen molar-refractivity contribution in [1.29, 1.82) is 0 Å². The molecule has 0 aliphatic carbocycles. The summed E-state index contributed by atoms with van der Waals surface area (Å²) in [6.07, 6.45) is 4.94. The van der Waals surface area contributed by atoms with E-state index in [0.717, 1.165) is 31.5 Å². The van der Waals surface area contributed by atoms with E-state index in [1.54, 1.807) is 0 Å². The van der Waals surface area contributed by atoms with Crippen LogP contribution in [0.3, 0.4) is 0 Å². The zero-order valence-electron chi connectivity index (χ0n) is 22.6. The number of carbonyl (C=O) groups excluding carboxylic acids is 2. The van der Waals surface area contributed by atoms with Crippen molar-refractivity contribution < 1.29 is 9.59 Å². The lowest BCUT2D eigenvalue weighted by molar-refractivity contribution is -0.134. The summed E-state index contributed by atoms with van der Waals surface area (Å²) in [6, 6.07) is 21.2. The molecule has 0 unspecified atom stereocenters. The SMILES string of the molecule is CCCCc1ccc(C(=O)N2CCN(C(=O)CCN3CCc4sccc4[C@@H]3c3ccccc3)C[C@H]2C)cc1. The van der Waals surface area contributed by atoms with Gasteiger partial charge in [0, 0.05) is 55.6 Å². The van der Waals surface area contributed by atoms with E-state index in [1.807, 2.05) is 33.3 Å². The fraction of sp³-hybridized carbons (Fsp3) is 0.438. The van der Waals surface area contributed by atoms with Gasteiger partial charge in [0.2, 0.25) is 5.91 Å². The molecule has 1 fully saturated rings. The second-order valence-corrected chi connectivity index (χ2v) is 11.6. The Bertz CT molecular complexity index is 1220. The zero-order chi connectivity index (χ0) is 26.5. The van der Waals surface area contributed by atoms with Gasteiger partial charge in [-0.1, -0.05) is 55.8 Å². The predicted octanol–water partition coefficient (Wildman–Crippen LogP) is 5.80. The summed E-state index contributed by atoms with van der Waals surface area (Å²) in [7, 11) is 0. The third-order valence-corrected chi connectivity index (χ3v) is 9.05. The Hall–Kier alpha value is -2.96. The maximum absolute atomic E-state index is 13.3. The van der Waals surface area contributed by atoms with E-state index in [0.29, 0.717) is 26.1 Å². The van der Waals surface area contributed by atoms with Crippen LogP contribution in [0.15, 0.2) is 66.0 Å². The molecule has 0 saturated carbocycles. The fourth-order valence-electron chi connectivity index (χ4n) is 5.88. The monoisotopic (exact) mass is 529 g/mol. The van der Waals surface area contributed by atoms with Crippen LogP contribution in [0.25, 0.3) is 0 Å². The first-order chi connectivity index (χ1) is 18.5. The second kappa shape index (κ2) is 12.3. The van der Waals surface area contributed by atoms with Gasteiger partial charge in [-0.05, 0) is 66.5 Å². The number of rotatable bonds is 8. The van der Waals surface area contributed by atoms with E-state index in [4.69, 9.17) is 0 Å². The average Bonchev–Trinajstić information content (AvgIpc) is 3.44. The minimum absolute atomic E-state index is 0.000358. The van der Waals surface area contributed by atoms with Crippen molar-refractivity contribution in [3.8, 4) is 0 Å². The van der Waals surface area contributed by atoms with Crippen molar-refractivity contribution in [3.63, 3.8) is 0 Å². The van der Waals surface area contributed by atoms with Crippen LogP contribution in [0.4, 0.5) is 0 Å². The van der Waals surface area contributed by atoms with Gasteiger partial charge in [0.25, 0.3) is 5.91 Å². The van der Waals surface area contributed by atoms with Crippen molar-refractivity contribution in [2.45, 2.75) is 58.0 Å². The summed E-state index contributed by atoms with van der Waals surface area (Å²) in [5, 5.41) is 2.19. The number of fused-ring (bicyclic) bond motifs is 1. The number of unbranched alkanes of at least 4 members (excludes halogenated alkanes) is 1. The summed E-state index contributed by atoms with van der Waals surface area (Å²) in [6.45, 7) is 7.73. The Kier molecular flexibility index (Phi) is 8.60. The van der Waals surface area contributed by atoms with Crippen LogP contribution in [0.2, 0.25) is 0 Å². The van der Waals surface area contributed by atoms with Gasteiger partial charge in [0.05, 0.1) is 6.04 Å². The molecule has 0 spiro atoms. The molecular formula is C32H39N3O2S. The van der Waals surface area contributed by atoms with Crippen LogP contribution in [0.1, 0.15) is 71.1 Å². The highest BCUT2D eigenvalue weighted by atomic mass is 32.1. The fourth-order valence-corrected chi connectivity index (χ4v) is 6.78. The number of aryl methyl sites for hydroxylation is 1. The Morgan fingerprint density at radius 3 is 2.50 bits per heavy atom. The van der Waals surface area contributed by atoms with Crippen LogP contribution in [-0.2, 0) is 17.6 Å². The molecule has 5 nitrogen and oxygen atoms in total. The number of thiophene rings is 1. The average molecular weight is 530 g/mol. The summed E-state index contributed by atoms with van der Waals surface area (Å²) < 4.78 is 0.